The van der Waals surface area contributed by atoms with Crippen LogP contribution >= 0.6 is 19.8 Å². The van der Waals surface area contributed by atoms with Crippen LogP contribution in [0.4, 0.5) is 0 Å². The first-order chi connectivity index (χ1) is 6.09. The van der Waals surface area contributed by atoms with Crippen molar-refractivity contribution in [1.29, 1.82) is 0 Å². The Bertz CT molecular complexity index is 158. The molecule has 0 aromatic heterocycles. The monoisotopic (exact) mass is 228 g/mol. The molecule has 1 heterocycles. The van der Waals surface area contributed by atoms with Gasteiger partial charge in [0.15, 0.2) is 0 Å². The number of hydrogen-bond acceptors (Lipinski definition) is 6. The highest BCUT2D eigenvalue weighted by atomic mass is 32.7. The van der Waals surface area contributed by atoms with Crippen LogP contribution in [0.1, 0.15) is 6.42 Å². The lowest BCUT2D eigenvalue weighted by Gasteiger charge is -2.30. The molecule has 1 aliphatic heterocycles. The molecule has 78 valence electrons. The summed E-state index contributed by atoms with van der Waals surface area (Å²) >= 11 is 3.67. The van der Waals surface area contributed by atoms with Crippen LogP contribution < -0.4 is 0 Å². The maximum absolute atomic E-state index is 9.25. The van der Waals surface area contributed by atoms with E-state index in [2.05, 4.69) is 12.2 Å². The van der Waals surface area contributed by atoms with E-state index >= 15 is 0 Å². The maximum atomic E-state index is 9.25. The summed E-state index contributed by atoms with van der Waals surface area (Å²) in [7, 11) is -1.68. The molecule has 1 aliphatic rings. The molecule has 4 unspecified atom stereocenters. The smallest absolute Gasteiger partial charge is 0.232 e. The van der Waals surface area contributed by atoms with Gasteiger partial charge in [0.25, 0.3) is 0 Å². The number of aliphatic hydroxyl groups excluding tert-OH is 2. The Morgan fingerprint density at radius 1 is 1.46 bits per heavy atom. The zero-order chi connectivity index (χ0) is 9.84. The van der Waals surface area contributed by atoms with Crippen molar-refractivity contribution in [1.82, 2.24) is 0 Å². The molecule has 0 spiro atoms. The number of rotatable bonds is 3. The van der Waals surface area contributed by atoms with Crippen LogP contribution in [-0.2, 0) is 9.26 Å². The fourth-order valence-electron chi connectivity index (χ4n) is 1.11. The second kappa shape index (κ2) is 5.46. The summed E-state index contributed by atoms with van der Waals surface area (Å²) in [6.07, 6.45) is -1.55. The second-order valence-corrected chi connectivity index (χ2v) is 4.66. The van der Waals surface area contributed by atoms with Crippen molar-refractivity contribution in [2.24, 2.45) is 0 Å². The quantitative estimate of drug-likeness (QED) is 0.393. The minimum absolute atomic E-state index is 0.102. The van der Waals surface area contributed by atoms with E-state index in [-0.39, 0.29) is 19.3 Å². The molecule has 7 heteroatoms. The average Bonchev–Trinajstić information content (AvgIpc) is 2.07. The van der Waals surface area contributed by atoms with Crippen LogP contribution in [0.2, 0.25) is 0 Å². The molecule has 0 saturated carbocycles. The molecule has 1 rings (SSSR count). The molecule has 3 N–H and O–H groups in total. The topological polar surface area (TPSA) is 79.2 Å². The number of thiol groups is 1. The van der Waals surface area contributed by atoms with Gasteiger partial charge in [-0.05, 0) is 0 Å². The van der Waals surface area contributed by atoms with E-state index < -0.39 is 19.8 Å². The van der Waals surface area contributed by atoms with Gasteiger partial charge in [0.05, 0.1) is 25.4 Å². The zero-order valence-corrected chi connectivity index (χ0v) is 8.69. The standard InChI is InChI=1S/C6H13O5PS/c7-5-1-4(2-11-12(9)13)10-3-6(5)8/h4-9,13H,1-3H2. The molecular formula is C6H13O5PS. The first-order valence-electron chi connectivity index (χ1n) is 3.88. The van der Waals surface area contributed by atoms with Gasteiger partial charge in [0.1, 0.15) is 6.10 Å². The Labute approximate surface area is 82.7 Å². The summed E-state index contributed by atoms with van der Waals surface area (Å²) in [5.41, 5.74) is 0. The summed E-state index contributed by atoms with van der Waals surface area (Å²) in [6, 6.07) is 0. The van der Waals surface area contributed by atoms with Crippen molar-refractivity contribution < 1.29 is 24.4 Å². The summed E-state index contributed by atoms with van der Waals surface area (Å²) in [6.45, 7) is 0.292. The largest absolute Gasteiger partial charge is 0.390 e. The van der Waals surface area contributed by atoms with E-state index in [1.165, 1.54) is 0 Å². The molecular weight excluding hydrogens is 215 g/mol. The van der Waals surface area contributed by atoms with Gasteiger partial charge in [-0.25, -0.2) is 0 Å². The third kappa shape index (κ3) is 4.08. The van der Waals surface area contributed by atoms with E-state index in [4.69, 9.17) is 19.3 Å². The maximum Gasteiger partial charge on any atom is 0.232 e. The fourth-order valence-corrected chi connectivity index (χ4v) is 1.61. The number of ether oxygens (including phenoxy) is 1. The van der Waals surface area contributed by atoms with Crippen molar-refractivity contribution in [3.05, 3.63) is 0 Å². The van der Waals surface area contributed by atoms with E-state index in [0.717, 1.165) is 0 Å². The van der Waals surface area contributed by atoms with Gasteiger partial charge in [0.2, 0.25) is 7.58 Å². The van der Waals surface area contributed by atoms with Crippen LogP contribution in [0.15, 0.2) is 0 Å². The summed E-state index contributed by atoms with van der Waals surface area (Å²) in [5, 5.41) is 18.3. The SMILES string of the molecule is OC1COC(COP(O)S)CC1O. The van der Waals surface area contributed by atoms with Crippen LogP contribution in [-0.4, -0.2) is 46.6 Å². The van der Waals surface area contributed by atoms with E-state index in [9.17, 15) is 5.11 Å². The molecule has 0 amide bonds. The van der Waals surface area contributed by atoms with E-state index in [1.807, 2.05) is 0 Å². The van der Waals surface area contributed by atoms with Crippen molar-refractivity contribution in [2.45, 2.75) is 24.7 Å². The summed E-state index contributed by atoms with van der Waals surface area (Å²) < 4.78 is 9.97. The summed E-state index contributed by atoms with van der Waals surface area (Å²) in [5.74, 6) is 0. The molecule has 0 aliphatic carbocycles. The predicted octanol–water partition coefficient (Wildman–Crippen LogP) is -0.337. The normalized spacial score (nSPS) is 37.4. The third-order valence-electron chi connectivity index (χ3n) is 1.83. The van der Waals surface area contributed by atoms with Gasteiger partial charge in [-0.2, -0.15) is 0 Å². The molecule has 0 aromatic carbocycles. The lowest BCUT2D eigenvalue weighted by atomic mass is 10.0. The van der Waals surface area contributed by atoms with Gasteiger partial charge < -0.3 is 24.4 Å². The van der Waals surface area contributed by atoms with Gasteiger partial charge in [-0.1, -0.05) is 12.2 Å². The third-order valence-corrected chi connectivity index (χ3v) is 2.55. The van der Waals surface area contributed by atoms with Crippen molar-refractivity contribution >= 4 is 19.8 Å². The number of aliphatic hydroxyl groups is 2. The molecule has 1 fully saturated rings. The van der Waals surface area contributed by atoms with Crippen molar-refractivity contribution in [3.8, 4) is 0 Å². The average molecular weight is 228 g/mol. The van der Waals surface area contributed by atoms with Crippen LogP contribution in [0.3, 0.4) is 0 Å². The minimum atomic E-state index is -1.68. The van der Waals surface area contributed by atoms with Crippen LogP contribution in [0, 0.1) is 0 Å². The second-order valence-electron chi connectivity index (χ2n) is 2.87. The highest BCUT2D eigenvalue weighted by Crippen LogP contribution is 2.36. The zero-order valence-electron chi connectivity index (χ0n) is 6.91. The Morgan fingerprint density at radius 2 is 2.15 bits per heavy atom. The lowest BCUT2D eigenvalue weighted by Crippen LogP contribution is -2.42. The highest BCUT2D eigenvalue weighted by Gasteiger charge is 2.28. The molecule has 13 heavy (non-hydrogen) atoms. The Hall–Kier alpha value is 0.580. The van der Waals surface area contributed by atoms with Crippen LogP contribution in [0.25, 0.3) is 0 Å². The first kappa shape index (κ1) is 11.7. The highest BCUT2D eigenvalue weighted by molar-refractivity contribution is 8.41. The van der Waals surface area contributed by atoms with E-state index in [1.54, 1.807) is 0 Å². The molecule has 5 nitrogen and oxygen atoms in total. The van der Waals surface area contributed by atoms with Gasteiger partial charge in [-0.15, -0.1) is 0 Å². The number of hydrogen-bond donors (Lipinski definition) is 4. The van der Waals surface area contributed by atoms with Crippen molar-refractivity contribution in [2.75, 3.05) is 13.2 Å². The Balaban J connectivity index is 2.21. The predicted molar refractivity (Wildman–Crippen MR) is 50.4 cm³/mol. The van der Waals surface area contributed by atoms with Gasteiger partial charge in [-0.3, -0.25) is 0 Å². The molecule has 1 saturated heterocycles. The lowest BCUT2D eigenvalue weighted by molar-refractivity contribution is -0.128. The Kier molecular flexibility index (Phi) is 4.89. The first-order valence-corrected chi connectivity index (χ1v) is 6.24. The summed E-state index contributed by atoms with van der Waals surface area (Å²) in [4.78, 5) is 8.74. The van der Waals surface area contributed by atoms with Crippen LogP contribution in [0.5, 0.6) is 0 Å². The van der Waals surface area contributed by atoms with Crippen molar-refractivity contribution in [3.63, 3.8) is 0 Å². The minimum Gasteiger partial charge on any atom is -0.390 e. The van der Waals surface area contributed by atoms with Gasteiger partial charge in [0, 0.05) is 6.42 Å². The molecule has 0 aromatic rings. The Morgan fingerprint density at radius 3 is 2.69 bits per heavy atom. The fraction of sp³-hybridized carbons (Fsp3) is 1.00. The van der Waals surface area contributed by atoms with Gasteiger partial charge >= 0.3 is 0 Å². The molecule has 4 atom stereocenters. The van der Waals surface area contributed by atoms with E-state index in [0.29, 0.717) is 6.42 Å². The molecule has 0 bridgehead atoms. The molecule has 0 radical (unpaired) electrons.